The molecule has 1 N–H and O–H groups in total. The number of aliphatic hydroxyl groups excluding tert-OH is 1. The van der Waals surface area contributed by atoms with E-state index in [2.05, 4.69) is 0 Å². The van der Waals surface area contributed by atoms with Gasteiger partial charge in [0.2, 0.25) is 0 Å². The number of carbonyl (C=O) groups excluding carboxylic acids is 8. The molecule has 3 heterocycles. The molecule has 15 atom stereocenters. The maximum Gasteiger partial charge on any atom is 0.338 e. The van der Waals surface area contributed by atoms with Crippen LogP contribution in [0.15, 0.2) is 243 Å². The number of hydrogen-bond acceptors (Lipinski definition) is 22. The number of carbonyl (C=O) groups is 8. The Morgan fingerprint density at radius 3 is 0.823 bits per heavy atom. The molecular formula is C74H64O22. The second kappa shape index (κ2) is 31.5. The second-order valence-corrected chi connectivity index (χ2v) is 22.3. The quantitative estimate of drug-likeness (QED) is 0.0518. The van der Waals surface area contributed by atoms with E-state index in [0.717, 1.165) is 0 Å². The van der Waals surface area contributed by atoms with Crippen molar-refractivity contribution < 1.29 is 105 Å². The van der Waals surface area contributed by atoms with Gasteiger partial charge in [0, 0.05) is 0 Å². The van der Waals surface area contributed by atoms with Crippen LogP contribution in [0.2, 0.25) is 0 Å². The molecule has 11 rings (SSSR count). The Morgan fingerprint density at radius 2 is 0.510 bits per heavy atom. The van der Waals surface area contributed by atoms with Gasteiger partial charge < -0.3 is 66.7 Å². The van der Waals surface area contributed by atoms with Crippen LogP contribution < -0.4 is 0 Å². The molecule has 0 saturated carbocycles. The van der Waals surface area contributed by atoms with Crippen LogP contribution in [0, 0.1) is 0 Å². The fourth-order valence-corrected chi connectivity index (χ4v) is 11.0. The molecule has 8 aromatic carbocycles. The molecule has 22 nitrogen and oxygen atoms in total. The molecule has 0 spiro atoms. The largest absolute Gasteiger partial charge is 0.459 e. The van der Waals surface area contributed by atoms with Gasteiger partial charge in [-0.15, -0.1) is 0 Å². The van der Waals surface area contributed by atoms with Crippen LogP contribution >= 0.6 is 0 Å². The maximum atomic E-state index is 15.0. The lowest BCUT2D eigenvalue weighted by Crippen LogP contribution is -2.68. The lowest BCUT2D eigenvalue weighted by atomic mass is 9.95. The van der Waals surface area contributed by atoms with Gasteiger partial charge in [-0.2, -0.15) is 0 Å². The Kier molecular flexibility index (Phi) is 21.9. The van der Waals surface area contributed by atoms with Gasteiger partial charge in [0.1, 0.15) is 24.9 Å². The van der Waals surface area contributed by atoms with Gasteiger partial charge in [-0.05, 0) is 111 Å². The average molecular weight is 1310 g/mol. The number of benzene rings is 8. The zero-order chi connectivity index (χ0) is 67.1. The lowest BCUT2D eigenvalue weighted by molar-refractivity contribution is -0.371. The predicted octanol–water partition coefficient (Wildman–Crippen LogP) is 9.40. The maximum absolute atomic E-state index is 15.0. The average Bonchev–Trinajstić information content (AvgIpc) is 0.770. The summed E-state index contributed by atoms with van der Waals surface area (Å²) >= 11 is 0. The molecule has 0 amide bonds. The molecule has 0 bridgehead atoms. The van der Waals surface area contributed by atoms with Gasteiger partial charge in [-0.25, -0.2) is 38.4 Å². The highest BCUT2D eigenvalue weighted by Crippen LogP contribution is 2.39. The molecule has 3 aliphatic heterocycles. The Bertz CT molecular complexity index is 3930. The van der Waals surface area contributed by atoms with Gasteiger partial charge >= 0.3 is 47.8 Å². The molecule has 8 aromatic rings. The SMILES string of the molecule is C[C@H]1O[C@H](O[C@@H]2[C@H](OC(=O)c3ccccc3)[C@@H](O[C@@H]3[C@H](OC(=O)c4ccccc4)[C@@H](OC(=O)c4ccccc4)[C@@H](O)O[C@@H]3COC(=O)c3ccccc3)O[C@H](C)[C@H]2OC(=O)c2ccccc2)[C@@H](OC(=O)c2ccccc2)[C@@H](OC(=O)c2ccccc2)[C@@H]1OC(=O)c1ccccc1. The molecule has 3 saturated heterocycles. The van der Waals surface area contributed by atoms with E-state index in [9.17, 15) is 43.5 Å². The molecule has 492 valence electrons. The molecule has 22 heteroatoms. The van der Waals surface area contributed by atoms with Crippen LogP contribution in [-0.2, 0) is 61.6 Å². The summed E-state index contributed by atoms with van der Waals surface area (Å²) in [5.41, 5.74) is 0.215. The van der Waals surface area contributed by atoms with Crippen LogP contribution in [0.1, 0.15) is 96.7 Å². The van der Waals surface area contributed by atoms with E-state index in [1.807, 2.05) is 0 Å². The highest BCUT2D eigenvalue weighted by molar-refractivity contribution is 5.93. The van der Waals surface area contributed by atoms with Gasteiger partial charge in [0.15, 0.2) is 61.6 Å². The van der Waals surface area contributed by atoms with Crippen molar-refractivity contribution in [2.75, 3.05) is 6.61 Å². The highest BCUT2D eigenvalue weighted by atomic mass is 16.8. The minimum absolute atomic E-state index is 0.00239. The molecule has 96 heavy (non-hydrogen) atoms. The summed E-state index contributed by atoms with van der Waals surface area (Å²) in [5.74, 6) is -7.79. The third kappa shape index (κ3) is 16.2. The Hall–Kier alpha value is -10.7. The van der Waals surface area contributed by atoms with E-state index < -0.39 is 146 Å². The fraction of sp³-hybridized carbons (Fsp3) is 0.243. The summed E-state index contributed by atoms with van der Waals surface area (Å²) in [7, 11) is 0. The first-order valence-corrected chi connectivity index (χ1v) is 30.7. The molecule has 0 unspecified atom stereocenters. The van der Waals surface area contributed by atoms with E-state index in [1.54, 1.807) is 146 Å². The molecular weight excluding hydrogens is 1240 g/mol. The van der Waals surface area contributed by atoms with E-state index >= 15 is 0 Å². The fourth-order valence-electron chi connectivity index (χ4n) is 11.0. The molecule has 0 aromatic heterocycles. The number of hydrogen-bond donors (Lipinski definition) is 1. The van der Waals surface area contributed by atoms with Crippen LogP contribution in [0.3, 0.4) is 0 Å². The first-order chi connectivity index (χ1) is 46.7. The first-order valence-electron chi connectivity index (χ1n) is 30.7. The van der Waals surface area contributed by atoms with Crippen LogP contribution in [-0.4, -0.2) is 152 Å². The van der Waals surface area contributed by atoms with Gasteiger partial charge in [-0.1, -0.05) is 146 Å². The van der Waals surface area contributed by atoms with Crippen LogP contribution in [0.5, 0.6) is 0 Å². The first kappa shape index (κ1) is 66.7. The van der Waals surface area contributed by atoms with E-state index in [1.165, 1.54) is 111 Å². The Labute approximate surface area is 550 Å². The topological polar surface area (TPSA) is 277 Å². The smallest absolute Gasteiger partial charge is 0.338 e. The van der Waals surface area contributed by atoms with Crippen molar-refractivity contribution in [3.05, 3.63) is 287 Å². The molecule has 3 aliphatic rings. The normalized spacial score (nSPS) is 25.3. The monoisotopic (exact) mass is 1300 g/mol. The number of ether oxygens (including phenoxy) is 13. The van der Waals surface area contributed by atoms with E-state index in [4.69, 9.17) is 61.6 Å². The number of rotatable bonds is 21. The van der Waals surface area contributed by atoms with Crippen molar-refractivity contribution in [1.82, 2.24) is 0 Å². The van der Waals surface area contributed by atoms with Crippen molar-refractivity contribution in [1.29, 1.82) is 0 Å². The standard InChI is InChI=1S/C74H64O22/c1-44-55(88-65(76)47-29-13-4-14-30-47)58(90-67(78)49-33-17-6-18-34-49)62(93-70(81)52-39-23-9-24-40-52)74(86-44)96-59-56(89-66(77)48-31-15-5-16-32-48)45(2)85-73(63(59)94-71(82)53-41-25-10-26-42-53)95-57-54(43-84-64(75)46-27-11-3-12-28-46)87-72(83)61(92-69(80)51-37-21-8-22-38-51)60(57)91-68(79)50-35-19-7-20-36-50/h3-42,44-45,54-63,72-74,83H,43H2,1-2H3/t44-,45-,54-,55-,56-,57+,58+,59+,60+,61-,62+,63+,72+,73-,74-/m1/s1. The summed E-state index contributed by atoms with van der Waals surface area (Å²) in [4.78, 5) is 115. The van der Waals surface area contributed by atoms with Crippen LogP contribution in [0.4, 0.5) is 0 Å². The zero-order valence-electron chi connectivity index (χ0n) is 51.5. The van der Waals surface area contributed by atoms with Gasteiger partial charge in [0.05, 0.1) is 56.7 Å². The predicted molar refractivity (Wildman–Crippen MR) is 336 cm³/mol. The summed E-state index contributed by atoms with van der Waals surface area (Å²) in [6.45, 7) is 2.14. The lowest BCUT2D eigenvalue weighted by Gasteiger charge is -2.50. The highest BCUT2D eigenvalue weighted by Gasteiger charge is 2.59. The minimum atomic E-state index is -2.15. The summed E-state index contributed by atoms with van der Waals surface area (Å²) in [6.07, 6.45) is -27.6. The van der Waals surface area contributed by atoms with Crippen molar-refractivity contribution in [3.8, 4) is 0 Å². The van der Waals surface area contributed by atoms with Crippen molar-refractivity contribution >= 4 is 47.8 Å². The molecule has 3 fully saturated rings. The third-order valence-electron chi connectivity index (χ3n) is 15.8. The molecule has 0 aliphatic carbocycles. The van der Waals surface area contributed by atoms with Gasteiger partial charge in [-0.3, -0.25) is 0 Å². The number of esters is 8. The summed E-state index contributed by atoms with van der Waals surface area (Å²) in [6, 6.07) is 61.9. The summed E-state index contributed by atoms with van der Waals surface area (Å²) in [5, 5.41) is 12.1. The Balaban J connectivity index is 1.05. The molecule has 0 radical (unpaired) electrons. The van der Waals surface area contributed by atoms with Crippen molar-refractivity contribution in [2.24, 2.45) is 0 Å². The van der Waals surface area contributed by atoms with Crippen LogP contribution in [0.25, 0.3) is 0 Å². The number of aliphatic hydroxyl groups is 1. The van der Waals surface area contributed by atoms with E-state index in [0.29, 0.717) is 0 Å². The van der Waals surface area contributed by atoms with Crippen molar-refractivity contribution in [3.63, 3.8) is 0 Å². The minimum Gasteiger partial charge on any atom is -0.459 e. The van der Waals surface area contributed by atoms with Gasteiger partial charge in [0.25, 0.3) is 0 Å². The zero-order valence-corrected chi connectivity index (χ0v) is 51.5. The summed E-state index contributed by atoms with van der Waals surface area (Å²) < 4.78 is 83.5. The second-order valence-electron chi connectivity index (χ2n) is 22.3. The van der Waals surface area contributed by atoms with E-state index in [-0.39, 0.29) is 44.5 Å². The van der Waals surface area contributed by atoms with Crippen molar-refractivity contribution in [2.45, 2.75) is 106 Å². The Morgan fingerprint density at radius 1 is 0.281 bits per heavy atom. The third-order valence-corrected chi connectivity index (χ3v) is 15.8.